The summed E-state index contributed by atoms with van der Waals surface area (Å²) >= 11 is 0. The minimum atomic E-state index is -0.663. The molecular weight excluding hydrogens is 408 g/mol. The van der Waals surface area contributed by atoms with Crippen molar-refractivity contribution in [2.24, 2.45) is 0 Å². The van der Waals surface area contributed by atoms with Crippen LogP contribution in [0.1, 0.15) is 51.7 Å². The summed E-state index contributed by atoms with van der Waals surface area (Å²) in [5.41, 5.74) is 4.22. The quantitative estimate of drug-likeness (QED) is 0.553. The van der Waals surface area contributed by atoms with Crippen LogP contribution in [-0.4, -0.2) is 39.6 Å². The number of piperidine rings is 1. The Bertz CT molecular complexity index is 1290. The number of para-hydroxylation sites is 1. The van der Waals surface area contributed by atoms with Gasteiger partial charge in [-0.25, -0.2) is 0 Å². The maximum Gasteiger partial charge on any atom is 0.272 e. The van der Waals surface area contributed by atoms with Crippen molar-refractivity contribution >= 4 is 40.2 Å². The third kappa shape index (κ3) is 3.24. The standard InChI is InChI=1S/C24H22N4O4/c1-2-15-17-5-3-4-6-18(17)26-21(15)23(31)25-14-7-8-16-13(11-14)12-28(24(16)32)19-9-10-20(29)27-22(19)30/h3-8,11,19,26H,2,9-10,12H2,1H3,(H,25,31)(H,27,29,30). The first-order valence-electron chi connectivity index (χ1n) is 10.6. The molecule has 0 bridgehead atoms. The monoisotopic (exact) mass is 430 g/mol. The van der Waals surface area contributed by atoms with E-state index in [1.807, 2.05) is 31.2 Å². The van der Waals surface area contributed by atoms with E-state index in [2.05, 4.69) is 15.6 Å². The summed E-state index contributed by atoms with van der Waals surface area (Å²) in [5.74, 6) is -1.24. The van der Waals surface area contributed by atoms with Gasteiger partial charge in [-0.1, -0.05) is 25.1 Å². The zero-order valence-corrected chi connectivity index (χ0v) is 17.5. The van der Waals surface area contributed by atoms with E-state index in [9.17, 15) is 19.2 Å². The molecule has 162 valence electrons. The second-order valence-electron chi connectivity index (χ2n) is 8.10. The number of aromatic nitrogens is 1. The number of benzene rings is 2. The number of rotatable bonds is 4. The largest absolute Gasteiger partial charge is 0.350 e. The van der Waals surface area contributed by atoms with Crippen LogP contribution in [-0.2, 0) is 22.6 Å². The summed E-state index contributed by atoms with van der Waals surface area (Å²) in [7, 11) is 0. The highest BCUT2D eigenvalue weighted by atomic mass is 16.2. The normalized spacial score (nSPS) is 18.1. The molecule has 2 aliphatic heterocycles. The molecule has 1 saturated heterocycles. The molecule has 2 aliphatic rings. The molecule has 8 heteroatoms. The van der Waals surface area contributed by atoms with Crippen LogP contribution < -0.4 is 10.6 Å². The van der Waals surface area contributed by atoms with E-state index >= 15 is 0 Å². The summed E-state index contributed by atoms with van der Waals surface area (Å²) in [6.45, 7) is 2.27. The van der Waals surface area contributed by atoms with Crippen molar-refractivity contribution in [2.45, 2.75) is 38.8 Å². The Hall–Kier alpha value is -3.94. The predicted octanol–water partition coefficient (Wildman–Crippen LogP) is 2.74. The number of carbonyl (C=O) groups is 4. The number of nitrogens with one attached hydrogen (secondary N) is 3. The van der Waals surface area contributed by atoms with Crippen LogP contribution in [0.25, 0.3) is 10.9 Å². The van der Waals surface area contributed by atoms with Crippen LogP contribution in [0.3, 0.4) is 0 Å². The molecule has 8 nitrogen and oxygen atoms in total. The van der Waals surface area contributed by atoms with E-state index in [1.54, 1.807) is 18.2 Å². The van der Waals surface area contributed by atoms with Crippen molar-refractivity contribution in [3.8, 4) is 0 Å². The van der Waals surface area contributed by atoms with Crippen LogP contribution in [0.2, 0.25) is 0 Å². The number of H-pyrrole nitrogens is 1. The second kappa shape index (κ2) is 7.64. The summed E-state index contributed by atoms with van der Waals surface area (Å²) in [6, 6.07) is 12.3. The number of amides is 4. The lowest BCUT2D eigenvalue weighted by Crippen LogP contribution is -2.52. The van der Waals surface area contributed by atoms with E-state index in [0.29, 0.717) is 29.8 Å². The van der Waals surface area contributed by atoms with Gasteiger partial charge in [-0.15, -0.1) is 0 Å². The van der Waals surface area contributed by atoms with E-state index in [4.69, 9.17) is 0 Å². The fourth-order valence-electron chi connectivity index (χ4n) is 4.61. The van der Waals surface area contributed by atoms with Crippen molar-refractivity contribution < 1.29 is 19.2 Å². The maximum absolute atomic E-state index is 13.0. The Balaban J connectivity index is 1.37. The number of aromatic amines is 1. The molecule has 0 aliphatic carbocycles. The number of carbonyl (C=O) groups excluding carboxylic acids is 4. The van der Waals surface area contributed by atoms with Crippen molar-refractivity contribution in [3.63, 3.8) is 0 Å². The second-order valence-corrected chi connectivity index (χ2v) is 8.10. The van der Waals surface area contributed by atoms with Gasteiger partial charge in [0.2, 0.25) is 11.8 Å². The van der Waals surface area contributed by atoms with E-state index in [1.165, 1.54) is 4.90 Å². The Kier molecular flexibility index (Phi) is 4.77. The van der Waals surface area contributed by atoms with Crippen molar-refractivity contribution in [2.75, 3.05) is 5.32 Å². The highest BCUT2D eigenvalue weighted by Gasteiger charge is 2.39. The lowest BCUT2D eigenvalue weighted by atomic mass is 10.0. The zero-order valence-electron chi connectivity index (χ0n) is 17.5. The molecule has 0 spiro atoms. The van der Waals surface area contributed by atoms with Gasteiger partial charge in [-0.3, -0.25) is 24.5 Å². The molecule has 32 heavy (non-hydrogen) atoms. The summed E-state index contributed by atoms with van der Waals surface area (Å²) in [4.78, 5) is 54.2. The average Bonchev–Trinajstić information content (AvgIpc) is 3.31. The molecule has 1 aromatic heterocycles. The molecule has 1 fully saturated rings. The molecule has 5 rings (SSSR count). The van der Waals surface area contributed by atoms with E-state index < -0.39 is 11.9 Å². The van der Waals surface area contributed by atoms with Gasteiger partial charge in [-0.2, -0.15) is 0 Å². The Morgan fingerprint density at radius 3 is 2.75 bits per heavy atom. The molecule has 3 heterocycles. The van der Waals surface area contributed by atoms with Gasteiger partial charge >= 0.3 is 0 Å². The van der Waals surface area contributed by atoms with Crippen LogP contribution in [0.5, 0.6) is 0 Å². The fraction of sp³-hybridized carbons (Fsp3) is 0.250. The Labute approximate surface area is 184 Å². The number of nitrogens with zero attached hydrogens (tertiary/aromatic N) is 1. The average molecular weight is 430 g/mol. The maximum atomic E-state index is 13.0. The van der Waals surface area contributed by atoms with Crippen molar-refractivity contribution in [1.29, 1.82) is 0 Å². The highest BCUT2D eigenvalue weighted by Crippen LogP contribution is 2.30. The van der Waals surface area contributed by atoms with Crippen LogP contribution in [0.4, 0.5) is 5.69 Å². The molecule has 2 aromatic carbocycles. The van der Waals surface area contributed by atoms with Crippen LogP contribution in [0, 0.1) is 0 Å². The molecular formula is C24H22N4O4. The minimum Gasteiger partial charge on any atom is -0.350 e. The molecule has 1 atom stereocenters. The van der Waals surface area contributed by atoms with E-state index in [0.717, 1.165) is 22.0 Å². The lowest BCUT2D eigenvalue weighted by molar-refractivity contribution is -0.136. The van der Waals surface area contributed by atoms with Gasteiger partial charge in [0.05, 0.1) is 0 Å². The topological polar surface area (TPSA) is 111 Å². The number of hydrogen-bond acceptors (Lipinski definition) is 4. The molecule has 4 amide bonds. The van der Waals surface area contributed by atoms with Gasteiger partial charge in [0.1, 0.15) is 11.7 Å². The molecule has 3 aromatic rings. The first-order chi connectivity index (χ1) is 15.5. The van der Waals surface area contributed by atoms with Crippen molar-refractivity contribution in [3.05, 3.63) is 64.8 Å². The van der Waals surface area contributed by atoms with Gasteiger partial charge in [0, 0.05) is 35.1 Å². The van der Waals surface area contributed by atoms with Gasteiger partial charge in [0.25, 0.3) is 11.8 Å². The van der Waals surface area contributed by atoms with Crippen molar-refractivity contribution in [1.82, 2.24) is 15.2 Å². The van der Waals surface area contributed by atoms with Crippen LogP contribution >= 0.6 is 0 Å². The third-order valence-corrected chi connectivity index (χ3v) is 6.18. The number of aryl methyl sites for hydroxylation is 1. The number of hydrogen-bond donors (Lipinski definition) is 3. The molecule has 1 unspecified atom stereocenters. The molecule has 0 radical (unpaired) electrons. The van der Waals surface area contributed by atoms with E-state index in [-0.39, 0.29) is 30.7 Å². The van der Waals surface area contributed by atoms with Gasteiger partial charge in [0.15, 0.2) is 0 Å². The minimum absolute atomic E-state index is 0.210. The fourth-order valence-corrected chi connectivity index (χ4v) is 4.61. The molecule has 0 saturated carbocycles. The van der Waals surface area contributed by atoms with Crippen LogP contribution in [0.15, 0.2) is 42.5 Å². The summed E-state index contributed by atoms with van der Waals surface area (Å²) in [5, 5.41) is 6.25. The summed E-state index contributed by atoms with van der Waals surface area (Å²) in [6.07, 6.45) is 1.24. The third-order valence-electron chi connectivity index (χ3n) is 6.18. The Morgan fingerprint density at radius 2 is 1.97 bits per heavy atom. The summed E-state index contributed by atoms with van der Waals surface area (Å²) < 4.78 is 0. The number of fused-ring (bicyclic) bond motifs is 2. The first kappa shape index (κ1) is 20.0. The highest BCUT2D eigenvalue weighted by molar-refractivity contribution is 6.09. The van der Waals surface area contributed by atoms with Gasteiger partial charge < -0.3 is 15.2 Å². The SMILES string of the molecule is CCc1c(C(=O)Nc2ccc3c(c2)CN(C2CCC(=O)NC2=O)C3=O)[nH]c2ccccc12. The smallest absolute Gasteiger partial charge is 0.272 e. The van der Waals surface area contributed by atoms with Gasteiger partial charge in [-0.05, 0) is 48.2 Å². The zero-order chi connectivity index (χ0) is 22.4. The number of anilines is 1. The Morgan fingerprint density at radius 1 is 1.16 bits per heavy atom. The molecule has 3 N–H and O–H groups in total. The predicted molar refractivity (Wildman–Crippen MR) is 118 cm³/mol. The lowest BCUT2D eigenvalue weighted by Gasteiger charge is -2.29. The number of imide groups is 1. The first-order valence-corrected chi connectivity index (χ1v) is 10.6.